The van der Waals surface area contributed by atoms with Crippen molar-refractivity contribution >= 4 is 252 Å². The first kappa shape index (κ1) is 90.3. The lowest BCUT2D eigenvalue weighted by Gasteiger charge is -2.28. The minimum Gasteiger partial charge on any atom is -0.423 e. The second-order valence-electron chi connectivity index (χ2n) is 30.9. The fourth-order valence-corrected chi connectivity index (χ4v) is 19.4. The predicted octanol–water partition coefficient (Wildman–Crippen LogP) is 34.9. The SMILES string of the molecule is Brc1ccc(-c2cccc3c(Br)cccc23)cc1.Brc1ccc(I)cc1.Brc1cccc2c(Br)cccc12.C.C1CCOC1.Cc1ccc(N(c2ccc(-c3cccc4c(N(c5ccc(C)cc5)c5ccc6c(c5)c5ccccc5n6-c5ccccc5)cccc34)cc2)c2ccc3c(c2)c2ccccc2n3-c2ccccc2)cc1.OB(O)c1cccc2c(Br)cccc12.[HH].[HH]. The summed E-state index contributed by atoms with van der Waals surface area (Å²) in [5.41, 5.74) is 21.5. The Hall–Kier alpha value is -11.0. The third kappa shape index (κ3) is 20.2. The summed E-state index contributed by atoms with van der Waals surface area (Å²) in [7, 11) is -1.42. The minimum absolute atomic E-state index is 0. The van der Waals surface area contributed by atoms with Gasteiger partial charge in [0.25, 0.3) is 0 Å². The molecule has 7 nitrogen and oxygen atoms in total. The molecule has 1 aliphatic heterocycles. The van der Waals surface area contributed by atoms with Crippen LogP contribution in [0.25, 0.3) is 120 Å². The molecule has 0 radical (unpaired) electrons. The molecule has 1 saturated heterocycles. The van der Waals surface area contributed by atoms with Crippen LogP contribution < -0.4 is 15.3 Å². The number of anilines is 6. The Labute approximate surface area is 815 Å². The molecule has 21 aromatic rings. The van der Waals surface area contributed by atoms with E-state index in [-0.39, 0.29) is 10.3 Å². The Kier molecular flexibility index (Phi) is 29.7. The van der Waals surface area contributed by atoms with Crippen LogP contribution in [-0.4, -0.2) is 39.5 Å². The summed E-state index contributed by atoms with van der Waals surface area (Å²) in [6.07, 6.45) is 2.56. The molecule has 0 amide bonds. The van der Waals surface area contributed by atoms with Crippen molar-refractivity contribution in [1.82, 2.24) is 9.13 Å². The van der Waals surface area contributed by atoms with Crippen molar-refractivity contribution in [2.24, 2.45) is 0 Å². The predicted molar refractivity (Wildman–Crippen MR) is 580 cm³/mol. The number of rotatable bonds is 11. The molecule has 2 N–H and O–H groups in total. The van der Waals surface area contributed by atoms with E-state index in [2.05, 4.69) is 503 Å². The molecular formula is C113H92BBr6IN4O3. The zero-order valence-corrected chi connectivity index (χ0v) is 81.1. The lowest BCUT2D eigenvalue weighted by Crippen LogP contribution is -2.30. The van der Waals surface area contributed by atoms with Crippen molar-refractivity contribution in [3.05, 3.63) is 454 Å². The molecule has 22 rings (SSSR count). The van der Waals surface area contributed by atoms with Crippen LogP contribution in [0.5, 0.6) is 0 Å². The Bertz CT molecular complexity index is 7390. The van der Waals surface area contributed by atoms with Gasteiger partial charge >= 0.3 is 7.12 Å². The van der Waals surface area contributed by atoms with Gasteiger partial charge in [0.05, 0.1) is 27.8 Å². The fraction of sp³-hybridized carbons (Fsp3) is 0.0619. The summed E-state index contributed by atoms with van der Waals surface area (Å²) >= 11 is 23.1. The van der Waals surface area contributed by atoms with Crippen LogP contribution in [0.3, 0.4) is 0 Å². The van der Waals surface area contributed by atoms with Gasteiger partial charge in [-0.25, -0.2) is 0 Å². The average molecular weight is 2170 g/mol. The molecular weight excluding hydrogens is 2080 g/mol. The number of hydrogen-bond donors (Lipinski definition) is 2. The maximum absolute atomic E-state index is 9.15. The molecule has 0 bridgehead atoms. The van der Waals surface area contributed by atoms with E-state index in [0.29, 0.717) is 5.46 Å². The lowest BCUT2D eigenvalue weighted by atomic mass is 9.77. The first-order valence-corrected chi connectivity index (χ1v) is 47.7. The molecule has 634 valence electrons. The number of halogens is 7. The van der Waals surface area contributed by atoms with Gasteiger partial charge < -0.3 is 33.7 Å². The number of hydrogen-bond acceptors (Lipinski definition) is 5. The van der Waals surface area contributed by atoms with Crippen molar-refractivity contribution in [3.8, 4) is 33.6 Å². The Balaban J connectivity index is 0.000000180. The Morgan fingerprint density at radius 2 is 0.625 bits per heavy atom. The number of para-hydroxylation sites is 4. The highest BCUT2D eigenvalue weighted by Gasteiger charge is 2.23. The van der Waals surface area contributed by atoms with Crippen LogP contribution in [0.4, 0.5) is 34.1 Å². The summed E-state index contributed by atoms with van der Waals surface area (Å²) in [6, 6.07) is 146. The molecule has 0 spiro atoms. The Morgan fingerprint density at radius 1 is 0.297 bits per heavy atom. The third-order valence-electron chi connectivity index (χ3n) is 22.7. The van der Waals surface area contributed by atoms with Crippen molar-refractivity contribution in [1.29, 1.82) is 0 Å². The second-order valence-corrected chi connectivity index (χ2v) is 37.4. The smallest absolute Gasteiger partial charge is 0.423 e. The van der Waals surface area contributed by atoms with Gasteiger partial charge in [0.2, 0.25) is 0 Å². The fourth-order valence-electron chi connectivity index (χ4n) is 16.5. The van der Waals surface area contributed by atoms with Crippen LogP contribution in [-0.2, 0) is 4.74 Å². The van der Waals surface area contributed by atoms with Crippen LogP contribution in [0.2, 0.25) is 0 Å². The normalized spacial score (nSPS) is 11.5. The summed E-state index contributed by atoms with van der Waals surface area (Å²) < 4.78 is 17.6. The van der Waals surface area contributed by atoms with Gasteiger partial charge in [0, 0.05) is 113 Å². The van der Waals surface area contributed by atoms with E-state index >= 15 is 0 Å². The second kappa shape index (κ2) is 42.0. The maximum atomic E-state index is 9.15. The number of benzene rings is 19. The quantitative estimate of drug-likeness (QED) is 0.0998. The van der Waals surface area contributed by atoms with E-state index in [1.165, 1.54) is 120 Å². The largest absolute Gasteiger partial charge is 0.489 e. The number of ether oxygens (including phenoxy) is 1. The number of aromatic nitrogens is 2. The molecule has 15 heteroatoms. The van der Waals surface area contributed by atoms with Gasteiger partial charge in [0.1, 0.15) is 0 Å². The van der Waals surface area contributed by atoms with Crippen molar-refractivity contribution in [2.75, 3.05) is 23.0 Å². The monoisotopic (exact) mass is 2160 g/mol. The molecule has 1 aliphatic rings. The first-order chi connectivity index (χ1) is 62.1. The van der Waals surface area contributed by atoms with Crippen LogP contribution in [0.15, 0.2) is 439 Å². The van der Waals surface area contributed by atoms with Gasteiger partial charge in [0.15, 0.2) is 0 Å². The molecule has 3 heterocycles. The summed E-state index contributed by atoms with van der Waals surface area (Å²) in [5, 5.41) is 32.4. The standard InChI is InChI=1S/C66H48N4.C16H10Br2.C10H8BBrO2.C10H6Br2.C6H4BrI.C4H8O.CH4.2H2/c1-45-27-33-50(34-28-45)67(53-39-41-65-60(43-53)58-19-9-11-24-63(58)69(65)48-15-5-3-6-16-48)51-37-31-47(32-38-51)55-21-13-23-57-56(55)22-14-26-62(57)68(52-35-29-46(2)30-36-52)54-40-42-66-61(44-54)59-20-10-12-25-64(59)70(66)49-17-7-4-8-18-49;17-12-9-7-11(8-10-12)13-3-1-5-15-14(13)4-2-6-16(15)18;12-10-6-2-3-7-8(10)4-1-5-9(7)11(13)14;11-9-5-1-3-7-8(9)4-2-6-10(7)12;7-5-1-3-6(8)4-2-5;1-2-4-5-3-1;;;/h3-44H,1-2H3;1-10H;1-6,13-14H;1-6H;1-4H;1-4H2;1H4;2*1H. The lowest BCUT2D eigenvalue weighted by molar-refractivity contribution is 0.198. The van der Waals surface area contributed by atoms with E-state index in [1.807, 2.05) is 54.6 Å². The van der Waals surface area contributed by atoms with Crippen LogP contribution in [0, 0.1) is 17.4 Å². The molecule has 2 aromatic heterocycles. The van der Waals surface area contributed by atoms with Crippen molar-refractivity contribution in [2.45, 2.75) is 34.1 Å². The molecule has 128 heavy (non-hydrogen) atoms. The topological polar surface area (TPSA) is 66.0 Å². The summed E-state index contributed by atoms with van der Waals surface area (Å²) in [6.45, 7) is 6.30. The van der Waals surface area contributed by atoms with Crippen molar-refractivity contribution in [3.63, 3.8) is 0 Å². The molecule has 0 aliphatic carbocycles. The number of aryl methyl sites for hydroxylation is 2. The third-order valence-corrected chi connectivity index (χ3v) is 27.2. The van der Waals surface area contributed by atoms with Gasteiger partial charge in [-0.2, -0.15) is 0 Å². The number of fused-ring (bicyclic) bond motifs is 10. The summed E-state index contributed by atoms with van der Waals surface area (Å²) in [5.74, 6) is 0. The van der Waals surface area contributed by atoms with Gasteiger partial charge in [-0.1, -0.05) is 351 Å². The zero-order valence-electron chi connectivity index (χ0n) is 69.4. The molecule has 19 aromatic carbocycles. The van der Waals surface area contributed by atoms with E-state index in [9.17, 15) is 0 Å². The molecule has 0 saturated carbocycles. The van der Waals surface area contributed by atoms with E-state index < -0.39 is 7.12 Å². The highest BCUT2D eigenvalue weighted by atomic mass is 127. The molecule has 1 fully saturated rings. The zero-order chi connectivity index (χ0) is 87.4. The number of nitrogens with zero attached hydrogens (tertiary/aromatic N) is 4. The minimum atomic E-state index is -1.42. The van der Waals surface area contributed by atoms with Crippen LogP contribution in [0.1, 0.15) is 34.2 Å². The van der Waals surface area contributed by atoms with Gasteiger partial charge in [-0.3, -0.25) is 0 Å². The van der Waals surface area contributed by atoms with Crippen molar-refractivity contribution < 1.29 is 17.6 Å². The Morgan fingerprint density at radius 3 is 1.07 bits per heavy atom. The first-order valence-electron chi connectivity index (χ1n) is 41.9. The maximum Gasteiger partial charge on any atom is 0.489 e. The molecule has 0 unspecified atom stereocenters. The summed E-state index contributed by atoms with van der Waals surface area (Å²) in [4.78, 5) is 4.81. The highest BCUT2D eigenvalue weighted by molar-refractivity contribution is 14.1. The van der Waals surface area contributed by atoms with E-state index in [0.717, 1.165) is 102 Å². The van der Waals surface area contributed by atoms with Gasteiger partial charge in [-0.15, -0.1) is 0 Å². The van der Waals surface area contributed by atoms with E-state index in [1.54, 1.807) is 6.07 Å². The highest BCUT2D eigenvalue weighted by Crippen LogP contribution is 2.47. The van der Waals surface area contributed by atoms with E-state index in [4.69, 9.17) is 14.8 Å². The van der Waals surface area contributed by atoms with Gasteiger partial charge in [-0.05, 0) is 291 Å². The van der Waals surface area contributed by atoms with Crippen LogP contribution >= 0.6 is 118 Å². The molecule has 0 atom stereocenters. The average Bonchev–Trinajstić information content (AvgIpc) is 1.45.